The lowest BCUT2D eigenvalue weighted by Crippen LogP contribution is -2.23. The first-order chi connectivity index (χ1) is 7.20. The SMILES string of the molecule is COC(=O)C(=O)Nc1nc(C2CC2)cs1. The number of rotatable bonds is 2. The molecule has 0 unspecified atom stereocenters. The van der Waals surface area contributed by atoms with Crippen molar-refractivity contribution >= 4 is 28.3 Å². The summed E-state index contributed by atoms with van der Waals surface area (Å²) in [5.41, 5.74) is 1.00. The molecule has 5 nitrogen and oxygen atoms in total. The minimum Gasteiger partial charge on any atom is -0.462 e. The van der Waals surface area contributed by atoms with E-state index in [0.29, 0.717) is 11.0 Å². The molecule has 80 valence electrons. The van der Waals surface area contributed by atoms with Gasteiger partial charge in [0.25, 0.3) is 0 Å². The molecule has 6 heteroatoms. The van der Waals surface area contributed by atoms with E-state index in [1.807, 2.05) is 5.38 Å². The molecule has 1 N–H and O–H groups in total. The van der Waals surface area contributed by atoms with Crippen molar-refractivity contribution in [3.8, 4) is 0 Å². The lowest BCUT2D eigenvalue weighted by atomic mass is 10.3. The lowest BCUT2D eigenvalue weighted by Gasteiger charge is -1.97. The number of esters is 1. The maximum atomic E-state index is 11.1. The third-order valence-electron chi connectivity index (χ3n) is 2.11. The zero-order valence-corrected chi connectivity index (χ0v) is 8.97. The van der Waals surface area contributed by atoms with E-state index in [2.05, 4.69) is 15.0 Å². The van der Waals surface area contributed by atoms with Crippen molar-refractivity contribution in [3.63, 3.8) is 0 Å². The number of carbonyl (C=O) groups excluding carboxylic acids is 2. The Labute approximate surface area is 90.5 Å². The van der Waals surface area contributed by atoms with Crippen LogP contribution in [-0.2, 0) is 14.3 Å². The van der Waals surface area contributed by atoms with Gasteiger partial charge in [-0.05, 0) is 12.8 Å². The third kappa shape index (κ3) is 2.33. The Hall–Kier alpha value is -1.43. The summed E-state index contributed by atoms with van der Waals surface area (Å²) in [6.07, 6.45) is 2.32. The first kappa shape index (κ1) is 10.1. The number of anilines is 1. The molecule has 0 radical (unpaired) electrons. The molecule has 0 aliphatic heterocycles. The highest BCUT2D eigenvalue weighted by atomic mass is 32.1. The maximum absolute atomic E-state index is 11.1. The fourth-order valence-corrected chi connectivity index (χ4v) is 1.94. The van der Waals surface area contributed by atoms with Crippen LogP contribution in [0.5, 0.6) is 0 Å². The van der Waals surface area contributed by atoms with E-state index >= 15 is 0 Å². The van der Waals surface area contributed by atoms with Crippen LogP contribution >= 0.6 is 11.3 Å². The second-order valence-corrected chi connectivity index (χ2v) is 4.16. The van der Waals surface area contributed by atoms with Gasteiger partial charge in [-0.15, -0.1) is 11.3 Å². The molecule has 2 rings (SSSR count). The van der Waals surface area contributed by atoms with Crippen LogP contribution in [0.2, 0.25) is 0 Å². The molecule has 0 saturated heterocycles. The number of hydrogen-bond acceptors (Lipinski definition) is 5. The van der Waals surface area contributed by atoms with E-state index in [4.69, 9.17) is 0 Å². The van der Waals surface area contributed by atoms with Crippen LogP contribution in [0, 0.1) is 0 Å². The van der Waals surface area contributed by atoms with Gasteiger partial charge in [0.05, 0.1) is 12.8 Å². The monoisotopic (exact) mass is 226 g/mol. The second-order valence-electron chi connectivity index (χ2n) is 3.30. The standard InChI is InChI=1S/C9H10N2O3S/c1-14-8(13)7(12)11-9-10-6(4-15-9)5-2-3-5/h4-5H,2-3H2,1H3,(H,10,11,12). The number of nitrogens with zero attached hydrogens (tertiary/aromatic N) is 1. The summed E-state index contributed by atoms with van der Waals surface area (Å²) in [7, 11) is 1.17. The van der Waals surface area contributed by atoms with Crippen molar-refractivity contribution in [2.75, 3.05) is 12.4 Å². The number of nitrogens with one attached hydrogen (secondary N) is 1. The van der Waals surface area contributed by atoms with Crippen LogP contribution in [0.25, 0.3) is 0 Å². The van der Waals surface area contributed by atoms with Gasteiger partial charge in [0.2, 0.25) is 0 Å². The summed E-state index contributed by atoms with van der Waals surface area (Å²) in [6.45, 7) is 0. The second kappa shape index (κ2) is 3.98. The normalized spacial score (nSPS) is 14.7. The van der Waals surface area contributed by atoms with E-state index in [1.54, 1.807) is 0 Å². The predicted octanol–water partition coefficient (Wildman–Crippen LogP) is 1.13. The Morgan fingerprint density at radius 3 is 2.93 bits per heavy atom. The van der Waals surface area contributed by atoms with Crippen molar-refractivity contribution in [3.05, 3.63) is 11.1 Å². The molecule has 1 aliphatic carbocycles. The molecule has 15 heavy (non-hydrogen) atoms. The van der Waals surface area contributed by atoms with Crippen LogP contribution in [0.3, 0.4) is 0 Å². The summed E-state index contributed by atoms with van der Waals surface area (Å²) >= 11 is 1.32. The Morgan fingerprint density at radius 2 is 2.33 bits per heavy atom. The van der Waals surface area contributed by atoms with Crippen molar-refractivity contribution in [2.45, 2.75) is 18.8 Å². The first-order valence-corrected chi connectivity index (χ1v) is 5.43. The molecule has 0 spiro atoms. The quantitative estimate of drug-likeness (QED) is 0.606. The number of amides is 1. The fourth-order valence-electron chi connectivity index (χ4n) is 1.15. The minimum atomic E-state index is -0.904. The highest BCUT2D eigenvalue weighted by Gasteiger charge is 2.26. The van der Waals surface area contributed by atoms with Gasteiger partial charge in [0, 0.05) is 11.3 Å². The van der Waals surface area contributed by atoms with E-state index < -0.39 is 11.9 Å². The van der Waals surface area contributed by atoms with Crippen molar-refractivity contribution in [1.29, 1.82) is 0 Å². The Balaban J connectivity index is 1.97. The highest BCUT2D eigenvalue weighted by Crippen LogP contribution is 2.40. The molecule has 0 atom stereocenters. The molecule has 0 aromatic carbocycles. The molecule has 0 bridgehead atoms. The van der Waals surface area contributed by atoms with E-state index in [0.717, 1.165) is 18.5 Å². The molecule has 1 fully saturated rings. The van der Waals surface area contributed by atoms with Crippen LogP contribution in [0.4, 0.5) is 5.13 Å². The van der Waals surface area contributed by atoms with Gasteiger partial charge in [0.15, 0.2) is 5.13 Å². The summed E-state index contributed by atoms with van der Waals surface area (Å²) < 4.78 is 4.28. The van der Waals surface area contributed by atoms with Gasteiger partial charge in [-0.25, -0.2) is 9.78 Å². The smallest absolute Gasteiger partial charge is 0.396 e. The zero-order chi connectivity index (χ0) is 10.8. The number of thiazole rings is 1. The van der Waals surface area contributed by atoms with Crippen LogP contribution in [-0.4, -0.2) is 24.0 Å². The predicted molar refractivity (Wildman–Crippen MR) is 54.7 cm³/mol. The van der Waals surface area contributed by atoms with Gasteiger partial charge < -0.3 is 4.74 Å². The highest BCUT2D eigenvalue weighted by molar-refractivity contribution is 7.14. The van der Waals surface area contributed by atoms with Gasteiger partial charge in [0.1, 0.15) is 0 Å². The number of hydrogen-bond donors (Lipinski definition) is 1. The summed E-state index contributed by atoms with van der Waals surface area (Å²) in [4.78, 5) is 26.1. The maximum Gasteiger partial charge on any atom is 0.396 e. The van der Waals surface area contributed by atoms with Gasteiger partial charge in [-0.2, -0.15) is 0 Å². The van der Waals surface area contributed by atoms with Gasteiger partial charge in [-0.1, -0.05) is 0 Å². The van der Waals surface area contributed by atoms with Crippen LogP contribution in [0.1, 0.15) is 24.5 Å². The average Bonchev–Trinajstić information content (AvgIpc) is 2.99. The average molecular weight is 226 g/mol. The molecular formula is C9H10N2O3S. The molecule has 1 aliphatic rings. The fraction of sp³-hybridized carbons (Fsp3) is 0.444. The Morgan fingerprint density at radius 1 is 1.60 bits per heavy atom. The molecule has 1 saturated carbocycles. The number of ether oxygens (including phenoxy) is 1. The van der Waals surface area contributed by atoms with Gasteiger partial charge >= 0.3 is 11.9 Å². The number of aromatic nitrogens is 1. The summed E-state index contributed by atoms with van der Waals surface area (Å²) in [5.74, 6) is -1.14. The van der Waals surface area contributed by atoms with E-state index in [9.17, 15) is 9.59 Å². The first-order valence-electron chi connectivity index (χ1n) is 4.55. The van der Waals surface area contributed by atoms with Crippen molar-refractivity contribution < 1.29 is 14.3 Å². The largest absolute Gasteiger partial charge is 0.462 e. The molecule has 1 amide bonds. The minimum absolute atomic E-state index is 0.451. The number of carbonyl (C=O) groups is 2. The Kier molecular flexibility index (Phi) is 2.68. The number of methoxy groups -OCH3 is 1. The van der Waals surface area contributed by atoms with Crippen molar-refractivity contribution in [1.82, 2.24) is 4.98 Å². The third-order valence-corrected chi connectivity index (χ3v) is 2.88. The molecule has 1 heterocycles. The molecule has 1 aromatic rings. The van der Waals surface area contributed by atoms with Crippen LogP contribution < -0.4 is 5.32 Å². The van der Waals surface area contributed by atoms with Crippen LogP contribution in [0.15, 0.2) is 5.38 Å². The van der Waals surface area contributed by atoms with E-state index in [-0.39, 0.29) is 0 Å². The molecule has 1 aromatic heterocycles. The summed E-state index contributed by atoms with van der Waals surface area (Å²) in [5, 5.41) is 4.75. The van der Waals surface area contributed by atoms with Gasteiger partial charge in [-0.3, -0.25) is 10.1 Å². The van der Waals surface area contributed by atoms with Crippen molar-refractivity contribution in [2.24, 2.45) is 0 Å². The molecular weight excluding hydrogens is 216 g/mol. The topological polar surface area (TPSA) is 68.3 Å². The Bertz CT molecular complexity index is 398. The summed E-state index contributed by atoms with van der Waals surface area (Å²) in [6, 6.07) is 0. The zero-order valence-electron chi connectivity index (χ0n) is 8.15. The van der Waals surface area contributed by atoms with E-state index in [1.165, 1.54) is 18.4 Å². The lowest BCUT2D eigenvalue weighted by molar-refractivity contribution is -0.150.